The largest absolute Gasteiger partial charge is 0.335 e. The van der Waals surface area contributed by atoms with Crippen molar-refractivity contribution in [2.45, 2.75) is 13.5 Å². The zero-order valence-electron chi connectivity index (χ0n) is 15.8. The maximum absolute atomic E-state index is 13.4. The summed E-state index contributed by atoms with van der Waals surface area (Å²) in [5.41, 5.74) is 3.41. The van der Waals surface area contributed by atoms with Crippen molar-refractivity contribution >= 4 is 11.9 Å². The number of nitrogens with zero attached hydrogens (tertiary/aromatic N) is 6. The van der Waals surface area contributed by atoms with Gasteiger partial charge in [0.15, 0.2) is 0 Å². The third-order valence-electron chi connectivity index (χ3n) is 4.80. The minimum atomic E-state index is -0.292. The van der Waals surface area contributed by atoms with E-state index in [1.165, 1.54) is 12.1 Å². The minimum Gasteiger partial charge on any atom is -0.335 e. The zero-order valence-corrected chi connectivity index (χ0v) is 15.8. The maximum Gasteiger partial charge on any atom is 0.242 e. The van der Waals surface area contributed by atoms with Crippen LogP contribution in [0.15, 0.2) is 42.7 Å². The normalized spacial score (nSPS) is 14.6. The summed E-state index contributed by atoms with van der Waals surface area (Å²) in [6.45, 7) is 3.70. The number of halogens is 1. The van der Waals surface area contributed by atoms with E-state index in [0.717, 1.165) is 22.5 Å². The summed E-state index contributed by atoms with van der Waals surface area (Å²) in [6.07, 6.45) is 3.62. The summed E-state index contributed by atoms with van der Waals surface area (Å²) < 4.78 is 15.1. The summed E-state index contributed by atoms with van der Waals surface area (Å²) >= 11 is 0. The van der Waals surface area contributed by atoms with Crippen LogP contribution < -0.4 is 4.90 Å². The predicted molar refractivity (Wildman–Crippen MR) is 103 cm³/mol. The number of anilines is 1. The second kappa shape index (κ2) is 7.38. The Morgan fingerprint density at radius 1 is 1.21 bits per heavy atom. The Hall–Kier alpha value is -3.29. The SMILES string of the molecule is Cc1nn(C)cc1-c1ccnc(N2CCN(Cc3cccc(F)c3)C(=O)C2)n1. The van der Waals surface area contributed by atoms with Gasteiger partial charge < -0.3 is 9.80 Å². The van der Waals surface area contributed by atoms with Crippen molar-refractivity contribution in [1.82, 2.24) is 24.6 Å². The van der Waals surface area contributed by atoms with Crippen LogP contribution in [0, 0.1) is 12.7 Å². The number of aromatic nitrogens is 4. The van der Waals surface area contributed by atoms with E-state index in [-0.39, 0.29) is 18.3 Å². The summed E-state index contributed by atoms with van der Waals surface area (Å²) in [5.74, 6) is 0.209. The number of hydrogen-bond donors (Lipinski definition) is 0. The Balaban J connectivity index is 1.48. The van der Waals surface area contributed by atoms with Gasteiger partial charge in [0.25, 0.3) is 0 Å². The highest BCUT2D eigenvalue weighted by Crippen LogP contribution is 2.22. The van der Waals surface area contributed by atoms with E-state index in [2.05, 4.69) is 15.1 Å². The lowest BCUT2D eigenvalue weighted by atomic mass is 10.2. The van der Waals surface area contributed by atoms with Gasteiger partial charge in [0.05, 0.1) is 11.4 Å². The zero-order chi connectivity index (χ0) is 19.7. The van der Waals surface area contributed by atoms with Crippen LogP contribution >= 0.6 is 0 Å². The van der Waals surface area contributed by atoms with Gasteiger partial charge in [0.1, 0.15) is 12.4 Å². The van der Waals surface area contributed by atoms with Gasteiger partial charge in [-0.3, -0.25) is 9.48 Å². The molecule has 0 spiro atoms. The molecule has 0 aliphatic carbocycles. The van der Waals surface area contributed by atoms with Crippen molar-refractivity contribution in [3.63, 3.8) is 0 Å². The van der Waals surface area contributed by atoms with E-state index >= 15 is 0 Å². The van der Waals surface area contributed by atoms with Crippen LogP contribution in [0.1, 0.15) is 11.3 Å². The Morgan fingerprint density at radius 3 is 2.79 bits per heavy atom. The topological polar surface area (TPSA) is 67.2 Å². The van der Waals surface area contributed by atoms with Gasteiger partial charge >= 0.3 is 0 Å². The van der Waals surface area contributed by atoms with E-state index < -0.39 is 0 Å². The number of aryl methyl sites for hydroxylation is 2. The average molecular weight is 380 g/mol. The number of piperazine rings is 1. The predicted octanol–water partition coefficient (Wildman–Crippen LogP) is 2.17. The summed E-state index contributed by atoms with van der Waals surface area (Å²) in [6, 6.07) is 8.19. The van der Waals surface area contributed by atoms with E-state index in [9.17, 15) is 9.18 Å². The highest BCUT2D eigenvalue weighted by atomic mass is 19.1. The molecule has 0 radical (unpaired) electrons. The van der Waals surface area contributed by atoms with E-state index in [1.54, 1.807) is 21.8 Å². The molecule has 1 saturated heterocycles. The highest BCUT2D eigenvalue weighted by Gasteiger charge is 2.26. The van der Waals surface area contributed by atoms with Crippen LogP contribution in [0.2, 0.25) is 0 Å². The maximum atomic E-state index is 13.4. The number of benzene rings is 1. The molecule has 3 aromatic rings. The Labute approximate surface area is 162 Å². The first-order chi connectivity index (χ1) is 13.5. The Bertz CT molecular complexity index is 1020. The molecule has 0 atom stereocenters. The summed E-state index contributed by atoms with van der Waals surface area (Å²) in [5, 5.41) is 4.35. The molecule has 0 bridgehead atoms. The minimum absolute atomic E-state index is 0.0259. The molecular formula is C20H21FN6O. The first-order valence-electron chi connectivity index (χ1n) is 9.10. The summed E-state index contributed by atoms with van der Waals surface area (Å²) in [7, 11) is 1.87. The smallest absolute Gasteiger partial charge is 0.242 e. The lowest BCUT2D eigenvalue weighted by Gasteiger charge is -2.34. The third kappa shape index (κ3) is 3.71. The molecular weight excluding hydrogens is 359 g/mol. The molecule has 8 heteroatoms. The average Bonchev–Trinajstić information content (AvgIpc) is 3.02. The van der Waals surface area contributed by atoms with Crippen LogP contribution in [0.25, 0.3) is 11.3 Å². The third-order valence-corrected chi connectivity index (χ3v) is 4.80. The second-order valence-electron chi connectivity index (χ2n) is 6.91. The molecule has 144 valence electrons. The highest BCUT2D eigenvalue weighted by molar-refractivity contribution is 5.82. The molecule has 1 aliphatic heterocycles. The first-order valence-corrected chi connectivity index (χ1v) is 9.10. The second-order valence-corrected chi connectivity index (χ2v) is 6.91. The molecule has 7 nitrogen and oxygen atoms in total. The number of hydrogen-bond acceptors (Lipinski definition) is 5. The standard InChI is InChI=1S/C20H21FN6O/c1-14-17(12-25(2)24-14)18-6-7-22-20(23-18)27-9-8-26(19(28)13-27)11-15-4-3-5-16(21)10-15/h3-7,10,12H,8-9,11,13H2,1-2H3. The van der Waals surface area contributed by atoms with Gasteiger partial charge in [-0.15, -0.1) is 0 Å². The molecule has 28 heavy (non-hydrogen) atoms. The van der Waals surface area contributed by atoms with Gasteiger partial charge in [0, 0.05) is 44.6 Å². The molecule has 0 unspecified atom stereocenters. The lowest BCUT2D eigenvalue weighted by Crippen LogP contribution is -2.50. The van der Waals surface area contributed by atoms with Crippen LogP contribution in [0.4, 0.5) is 10.3 Å². The summed E-state index contributed by atoms with van der Waals surface area (Å²) in [4.78, 5) is 25.2. The van der Waals surface area contributed by atoms with E-state index in [4.69, 9.17) is 0 Å². The van der Waals surface area contributed by atoms with Crippen LogP contribution in [0.5, 0.6) is 0 Å². The molecule has 1 aromatic carbocycles. The van der Waals surface area contributed by atoms with Gasteiger partial charge in [-0.1, -0.05) is 12.1 Å². The molecule has 1 amide bonds. The molecule has 4 rings (SSSR count). The lowest BCUT2D eigenvalue weighted by molar-refractivity contribution is -0.131. The monoisotopic (exact) mass is 380 g/mol. The van der Waals surface area contributed by atoms with Gasteiger partial charge in [0.2, 0.25) is 11.9 Å². The molecule has 0 saturated carbocycles. The van der Waals surface area contributed by atoms with Gasteiger partial charge in [-0.05, 0) is 30.7 Å². The van der Waals surface area contributed by atoms with Crippen LogP contribution in [-0.2, 0) is 18.4 Å². The fourth-order valence-electron chi connectivity index (χ4n) is 3.40. The first kappa shape index (κ1) is 18.1. The fourth-order valence-corrected chi connectivity index (χ4v) is 3.40. The van der Waals surface area contributed by atoms with Gasteiger partial charge in [-0.25, -0.2) is 14.4 Å². The van der Waals surface area contributed by atoms with E-state index in [0.29, 0.717) is 25.6 Å². The number of carbonyl (C=O) groups excluding carboxylic acids is 1. The molecule has 0 N–H and O–H groups in total. The molecule has 3 heterocycles. The molecule has 1 fully saturated rings. The van der Waals surface area contributed by atoms with Crippen molar-refractivity contribution in [1.29, 1.82) is 0 Å². The van der Waals surface area contributed by atoms with Crippen molar-refractivity contribution in [3.05, 3.63) is 59.8 Å². The van der Waals surface area contributed by atoms with Crippen molar-refractivity contribution < 1.29 is 9.18 Å². The quantitative estimate of drug-likeness (QED) is 0.694. The number of amides is 1. The van der Waals surface area contributed by atoms with Gasteiger partial charge in [-0.2, -0.15) is 5.10 Å². The van der Waals surface area contributed by atoms with Crippen molar-refractivity contribution in [2.24, 2.45) is 7.05 Å². The molecule has 2 aromatic heterocycles. The van der Waals surface area contributed by atoms with Crippen LogP contribution in [-0.4, -0.2) is 50.2 Å². The van der Waals surface area contributed by atoms with E-state index in [1.807, 2.05) is 37.2 Å². The Kier molecular flexibility index (Phi) is 4.77. The molecule has 1 aliphatic rings. The number of carbonyl (C=O) groups is 1. The van der Waals surface area contributed by atoms with Crippen molar-refractivity contribution in [3.8, 4) is 11.3 Å². The van der Waals surface area contributed by atoms with Crippen LogP contribution in [0.3, 0.4) is 0 Å². The number of rotatable bonds is 4. The fraction of sp³-hybridized carbons (Fsp3) is 0.300. The Morgan fingerprint density at radius 2 is 2.07 bits per heavy atom. The van der Waals surface area contributed by atoms with Crippen molar-refractivity contribution in [2.75, 3.05) is 24.5 Å².